The summed E-state index contributed by atoms with van der Waals surface area (Å²) in [4.78, 5) is 14.0. The lowest BCUT2D eigenvalue weighted by Gasteiger charge is -2.18. The minimum absolute atomic E-state index is 0.0764. The molecule has 2 aromatic carbocycles. The number of ether oxygens (including phenoxy) is 1. The first-order chi connectivity index (χ1) is 13.2. The molecule has 3 N–H and O–H groups in total. The van der Waals surface area contributed by atoms with E-state index in [2.05, 4.69) is 11.9 Å². The van der Waals surface area contributed by atoms with Crippen molar-refractivity contribution in [3.63, 3.8) is 0 Å². The molecule has 7 nitrogen and oxygen atoms in total. The predicted molar refractivity (Wildman–Crippen MR) is 112 cm³/mol. The molecule has 0 aromatic heterocycles. The molecule has 8 heteroatoms. The number of nitrogens with two attached hydrogens (primary N) is 1. The molecule has 0 saturated heterocycles. The van der Waals surface area contributed by atoms with Crippen LogP contribution in [0.4, 0.5) is 11.4 Å². The summed E-state index contributed by atoms with van der Waals surface area (Å²) in [7, 11) is -0.305. The van der Waals surface area contributed by atoms with Gasteiger partial charge in [0.05, 0.1) is 16.3 Å². The summed E-state index contributed by atoms with van der Waals surface area (Å²) in [6.45, 7) is 4.01. The van der Waals surface area contributed by atoms with E-state index in [1.54, 1.807) is 49.3 Å². The number of nitrogens with one attached hydrogen (secondary N) is 1. The molecule has 0 unspecified atom stereocenters. The van der Waals surface area contributed by atoms with E-state index in [4.69, 9.17) is 9.88 Å². The van der Waals surface area contributed by atoms with Crippen LogP contribution in [-0.2, 0) is 14.8 Å². The van der Waals surface area contributed by atoms with Crippen molar-refractivity contribution in [3.05, 3.63) is 66.8 Å². The SMILES string of the molecule is C=CCOc1ccc(/C=C/C(=O)Nc2cc(S(N)(=O)=O)ccc2N(C)C)cc1. The van der Waals surface area contributed by atoms with Crippen molar-refractivity contribution >= 4 is 33.4 Å². The number of amides is 1. The number of nitrogens with zero attached hydrogens (tertiary/aromatic N) is 1. The Morgan fingerprint density at radius 2 is 1.89 bits per heavy atom. The molecular weight excluding hydrogens is 378 g/mol. The summed E-state index contributed by atoms with van der Waals surface area (Å²) < 4.78 is 28.6. The molecule has 0 bridgehead atoms. The number of sulfonamides is 1. The summed E-state index contributed by atoms with van der Waals surface area (Å²) in [5, 5.41) is 7.87. The second-order valence-corrected chi connectivity index (χ2v) is 7.67. The third kappa shape index (κ3) is 5.97. The highest BCUT2D eigenvalue weighted by atomic mass is 32.2. The van der Waals surface area contributed by atoms with Gasteiger partial charge in [-0.1, -0.05) is 24.8 Å². The Morgan fingerprint density at radius 1 is 1.21 bits per heavy atom. The van der Waals surface area contributed by atoms with Crippen molar-refractivity contribution in [1.82, 2.24) is 0 Å². The molecule has 0 saturated carbocycles. The number of primary sulfonamides is 1. The summed E-state index contributed by atoms with van der Waals surface area (Å²) in [6, 6.07) is 11.5. The number of carbonyl (C=O) groups excluding carboxylic acids is 1. The number of anilines is 2. The standard InChI is InChI=1S/C20H23N3O4S/c1-4-13-27-16-8-5-15(6-9-16)7-12-20(24)22-18-14-17(28(21,25)26)10-11-19(18)23(2)3/h4-12,14H,1,13H2,2-3H3,(H,22,24)(H2,21,25,26)/b12-7+. The summed E-state index contributed by atoms with van der Waals surface area (Å²) in [5.41, 5.74) is 1.81. The third-order valence-corrected chi connectivity index (χ3v) is 4.62. The minimum atomic E-state index is -3.88. The molecule has 2 rings (SSSR count). The van der Waals surface area contributed by atoms with Crippen LogP contribution in [0.2, 0.25) is 0 Å². The Bertz CT molecular complexity index is 981. The lowest BCUT2D eigenvalue weighted by Crippen LogP contribution is -2.17. The maximum Gasteiger partial charge on any atom is 0.248 e. The van der Waals surface area contributed by atoms with E-state index >= 15 is 0 Å². The van der Waals surface area contributed by atoms with Gasteiger partial charge in [-0.2, -0.15) is 0 Å². The lowest BCUT2D eigenvalue weighted by atomic mass is 10.2. The van der Waals surface area contributed by atoms with Crippen LogP contribution in [0.25, 0.3) is 6.08 Å². The van der Waals surface area contributed by atoms with E-state index in [1.165, 1.54) is 18.2 Å². The Labute approximate surface area is 165 Å². The first kappa shape index (κ1) is 21.2. The summed E-state index contributed by atoms with van der Waals surface area (Å²) in [5.74, 6) is 0.304. The third-order valence-electron chi connectivity index (χ3n) is 3.71. The molecule has 0 fully saturated rings. The minimum Gasteiger partial charge on any atom is -0.490 e. The highest BCUT2D eigenvalue weighted by molar-refractivity contribution is 7.89. The van der Waals surface area contributed by atoms with E-state index in [9.17, 15) is 13.2 Å². The molecule has 0 radical (unpaired) electrons. The van der Waals surface area contributed by atoms with E-state index in [1.807, 2.05) is 12.1 Å². The lowest BCUT2D eigenvalue weighted by molar-refractivity contribution is -0.111. The average molecular weight is 401 g/mol. The topological polar surface area (TPSA) is 102 Å². The number of hydrogen-bond acceptors (Lipinski definition) is 5. The van der Waals surface area contributed by atoms with Crippen molar-refractivity contribution in [2.24, 2.45) is 5.14 Å². The first-order valence-corrected chi connectivity index (χ1v) is 9.92. The van der Waals surface area contributed by atoms with Crippen LogP contribution in [0.1, 0.15) is 5.56 Å². The van der Waals surface area contributed by atoms with Crippen molar-refractivity contribution in [2.75, 3.05) is 30.9 Å². The maximum absolute atomic E-state index is 12.3. The van der Waals surface area contributed by atoms with E-state index in [-0.39, 0.29) is 4.90 Å². The zero-order valence-corrected chi connectivity index (χ0v) is 16.6. The van der Waals surface area contributed by atoms with Crippen LogP contribution in [-0.4, -0.2) is 35.0 Å². The quantitative estimate of drug-likeness (QED) is 0.523. The number of rotatable bonds is 8. The fourth-order valence-electron chi connectivity index (χ4n) is 2.36. The molecule has 0 aliphatic rings. The van der Waals surface area contributed by atoms with Gasteiger partial charge in [0.1, 0.15) is 12.4 Å². The molecular formula is C20H23N3O4S. The normalized spacial score (nSPS) is 11.2. The van der Waals surface area contributed by atoms with Crippen LogP contribution in [0.3, 0.4) is 0 Å². The fraction of sp³-hybridized carbons (Fsp3) is 0.150. The zero-order chi connectivity index (χ0) is 20.7. The van der Waals surface area contributed by atoms with Gasteiger partial charge in [-0.25, -0.2) is 13.6 Å². The van der Waals surface area contributed by atoms with Gasteiger partial charge in [0.2, 0.25) is 15.9 Å². The monoisotopic (exact) mass is 401 g/mol. The van der Waals surface area contributed by atoms with Gasteiger partial charge in [0, 0.05) is 20.2 Å². The second-order valence-electron chi connectivity index (χ2n) is 6.11. The maximum atomic E-state index is 12.3. The average Bonchev–Trinajstić information content (AvgIpc) is 2.64. The van der Waals surface area contributed by atoms with Gasteiger partial charge in [-0.05, 0) is 42.0 Å². The Kier molecular flexibility index (Phi) is 6.97. The number of carbonyl (C=O) groups is 1. The molecule has 148 valence electrons. The zero-order valence-electron chi connectivity index (χ0n) is 15.8. The van der Waals surface area contributed by atoms with Crippen molar-refractivity contribution < 1.29 is 17.9 Å². The number of benzene rings is 2. The largest absolute Gasteiger partial charge is 0.490 e. The first-order valence-electron chi connectivity index (χ1n) is 8.37. The van der Waals surface area contributed by atoms with Crippen LogP contribution < -0.4 is 20.1 Å². The Morgan fingerprint density at radius 3 is 2.46 bits per heavy atom. The molecule has 0 aliphatic heterocycles. The van der Waals surface area contributed by atoms with Crippen LogP contribution in [0, 0.1) is 0 Å². The van der Waals surface area contributed by atoms with Crippen LogP contribution in [0.15, 0.2) is 66.1 Å². The smallest absolute Gasteiger partial charge is 0.248 e. The van der Waals surface area contributed by atoms with Gasteiger partial charge >= 0.3 is 0 Å². The number of hydrogen-bond donors (Lipinski definition) is 2. The van der Waals surface area contributed by atoms with Gasteiger partial charge in [-0.15, -0.1) is 0 Å². The van der Waals surface area contributed by atoms with Crippen LogP contribution in [0.5, 0.6) is 5.75 Å². The van der Waals surface area contributed by atoms with Gasteiger partial charge in [-0.3, -0.25) is 4.79 Å². The highest BCUT2D eigenvalue weighted by Crippen LogP contribution is 2.27. The van der Waals surface area contributed by atoms with Gasteiger partial charge in [0.25, 0.3) is 0 Å². The predicted octanol–water partition coefficient (Wildman–Crippen LogP) is 2.62. The Balaban J connectivity index is 2.15. The molecule has 2 aromatic rings. The van der Waals surface area contributed by atoms with Crippen molar-refractivity contribution in [2.45, 2.75) is 4.90 Å². The van der Waals surface area contributed by atoms with E-state index in [0.29, 0.717) is 23.7 Å². The second kappa shape index (κ2) is 9.20. The summed E-state index contributed by atoms with van der Waals surface area (Å²) in [6.07, 6.45) is 4.67. The molecule has 0 atom stereocenters. The fourth-order valence-corrected chi connectivity index (χ4v) is 2.90. The van der Waals surface area contributed by atoms with Gasteiger partial charge in [0.15, 0.2) is 0 Å². The molecule has 28 heavy (non-hydrogen) atoms. The summed E-state index contributed by atoms with van der Waals surface area (Å²) >= 11 is 0. The van der Waals surface area contributed by atoms with Crippen molar-refractivity contribution in [3.8, 4) is 5.75 Å². The highest BCUT2D eigenvalue weighted by Gasteiger charge is 2.13. The Hall–Kier alpha value is -3.10. The van der Waals surface area contributed by atoms with Gasteiger partial charge < -0.3 is 15.0 Å². The van der Waals surface area contributed by atoms with E-state index < -0.39 is 15.9 Å². The van der Waals surface area contributed by atoms with Crippen molar-refractivity contribution in [1.29, 1.82) is 0 Å². The molecule has 0 spiro atoms. The van der Waals surface area contributed by atoms with Crippen LogP contribution >= 0.6 is 0 Å². The molecule has 0 heterocycles. The molecule has 1 amide bonds. The molecule has 0 aliphatic carbocycles. The van der Waals surface area contributed by atoms with E-state index in [0.717, 1.165) is 5.56 Å².